The summed E-state index contributed by atoms with van der Waals surface area (Å²) in [6, 6.07) is 1.68. The Labute approximate surface area is 146 Å². The maximum Gasteiger partial charge on any atom is 0.258 e. The number of nitrogens with one attached hydrogen (secondary N) is 1. The van der Waals surface area contributed by atoms with Crippen molar-refractivity contribution in [2.24, 2.45) is 5.41 Å². The second-order valence-corrected chi connectivity index (χ2v) is 7.66. The van der Waals surface area contributed by atoms with Crippen LogP contribution in [0.3, 0.4) is 0 Å². The topological polar surface area (TPSA) is 89.9 Å². The molecule has 0 aliphatic carbocycles. The Morgan fingerprint density at radius 1 is 1.29 bits per heavy atom. The van der Waals surface area contributed by atoms with Crippen LogP contribution in [0.15, 0.2) is 12.1 Å². The van der Waals surface area contributed by atoms with Gasteiger partial charge in [0.2, 0.25) is 5.91 Å². The Hall–Kier alpha value is -1.95. The molecule has 132 valence electrons. The number of hydrogen-bond donors (Lipinski definition) is 3. The molecule has 0 unspecified atom stereocenters. The predicted molar refractivity (Wildman–Crippen MR) is 91.3 cm³/mol. The van der Waals surface area contributed by atoms with Gasteiger partial charge >= 0.3 is 0 Å². The Morgan fingerprint density at radius 2 is 1.96 bits per heavy atom. The molecule has 0 saturated carbocycles. The molecule has 1 aromatic carbocycles. The van der Waals surface area contributed by atoms with E-state index in [2.05, 4.69) is 5.32 Å². The molecule has 1 aliphatic heterocycles. The second kappa shape index (κ2) is 6.89. The molecule has 2 rings (SSSR count). The molecule has 24 heavy (non-hydrogen) atoms. The number of rotatable bonds is 3. The van der Waals surface area contributed by atoms with E-state index in [9.17, 15) is 19.8 Å². The lowest BCUT2D eigenvalue weighted by atomic mass is 9.97. The van der Waals surface area contributed by atoms with Gasteiger partial charge in [-0.15, -0.1) is 0 Å². The molecule has 0 radical (unpaired) electrons. The van der Waals surface area contributed by atoms with Crippen LogP contribution in [0.5, 0.6) is 11.5 Å². The van der Waals surface area contributed by atoms with Gasteiger partial charge in [0.1, 0.15) is 17.5 Å². The minimum atomic E-state index is -0.563. The summed E-state index contributed by atoms with van der Waals surface area (Å²) in [6.07, 6.45) is 1.29. The molecule has 7 heteroatoms. The molecular weight excluding hydrogens is 332 g/mol. The van der Waals surface area contributed by atoms with Crippen LogP contribution in [-0.2, 0) is 4.79 Å². The lowest BCUT2D eigenvalue weighted by Gasteiger charge is -2.26. The highest BCUT2D eigenvalue weighted by atomic mass is 35.5. The largest absolute Gasteiger partial charge is 0.507 e. The third-order valence-electron chi connectivity index (χ3n) is 3.90. The van der Waals surface area contributed by atoms with Crippen molar-refractivity contribution in [1.82, 2.24) is 10.2 Å². The molecule has 0 bridgehead atoms. The summed E-state index contributed by atoms with van der Waals surface area (Å²) < 4.78 is 0. The van der Waals surface area contributed by atoms with Crippen molar-refractivity contribution in [3.8, 4) is 11.5 Å². The van der Waals surface area contributed by atoms with Crippen LogP contribution in [0.2, 0.25) is 5.02 Å². The van der Waals surface area contributed by atoms with E-state index in [0.29, 0.717) is 25.9 Å². The maximum atomic E-state index is 12.7. The molecule has 1 aromatic rings. The van der Waals surface area contributed by atoms with Crippen LogP contribution >= 0.6 is 11.6 Å². The molecule has 2 amide bonds. The van der Waals surface area contributed by atoms with Crippen molar-refractivity contribution in [1.29, 1.82) is 0 Å². The van der Waals surface area contributed by atoms with Gasteiger partial charge in [0.05, 0.1) is 10.6 Å². The number of carbonyl (C=O) groups is 2. The van der Waals surface area contributed by atoms with Gasteiger partial charge in [-0.05, 0) is 24.3 Å². The van der Waals surface area contributed by atoms with Crippen LogP contribution in [0.1, 0.15) is 44.0 Å². The molecule has 1 aliphatic rings. The van der Waals surface area contributed by atoms with Crippen LogP contribution in [0.4, 0.5) is 0 Å². The zero-order chi connectivity index (χ0) is 18.1. The summed E-state index contributed by atoms with van der Waals surface area (Å²) in [6.45, 7) is 7.00. The zero-order valence-corrected chi connectivity index (χ0v) is 14.9. The molecule has 3 N–H and O–H groups in total. The van der Waals surface area contributed by atoms with Gasteiger partial charge in [-0.3, -0.25) is 9.59 Å². The van der Waals surface area contributed by atoms with E-state index in [-0.39, 0.29) is 33.4 Å². The van der Waals surface area contributed by atoms with E-state index >= 15 is 0 Å². The van der Waals surface area contributed by atoms with Gasteiger partial charge in [0.25, 0.3) is 5.91 Å². The van der Waals surface area contributed by atoms with Crippen molar-refractivity contribution in [3.05, 3.63) is 22.7 Å². The summed E-state index contributed by atoms with van der Waals surface area (Å²) in [5, 5.41) is 22.2. The molecule has 1 saturated heterocycles. The number of halogens is 1. The number of phenols is 2. The number of amides is 2. The van der Waals surface area contributed by atoms with E-state index < -0.39 is 11.9 Å². The lowest BCUT2D eigenvalue weighted by molar-refractivity contribution is -0.125. The van der Waals surface area contributed by atoms with Gasteiger partial charge in [0, 0.05) is 19.2 Å². The minimum absolute atomic E-state index is 0.0201. The first-order chi connectivity index (χ1) is 11.1. The Morgan fingerprint density at radius 3 is 2.58 bits per heavy atom. The van der Waals surface area contributed by atoms with E-state index in [1.165, 1.54) is 11.0 Å². The normalized spacial score (nSPS) is 17.8. The van der Waals surface area contributed by atoms with Crippen LogP contribution in [0, 0.1) is 5.41 Å². The molecule has 1 atom stereocenters. The Bertz CT molecular complexity index is 655. The SMILES string of the molecule is CC(C)(C)CNC(=O)[C@H]1CCCN1C(=O)c1cc(Cl)c(O)cc1O. The Kier molecular flexibility index (Phi) is 5.28. The minimum Gasteiger partial charge on any atom is -0.507 e. The Balaban J connectivity index is 2.17. The number of hydrogen-bond acceptors (Lipinski definition) is 4. The van der Waals surface area contributed by atoms with Crippen molar-refractivity contribution in [2.75, 3.05) is 13.1 Å². The fourth-order valence-corrected chi connectivity index (χ4v) is 2.79. The van der Waals surface area contributed by atoms with Gasteiger partial charge in [-0.25, -0.2) is 0 Å². The molecular formula is C17H23ClN2O4. The number of likely N-dealkylation sites (tertiary alicyclic amines) is 1. The van der Waals surface area contributed by atoms with Gasteiger partial charge in [0.15, 0.2) is 0 Å². The van der Waals surface area contributed by atoms with Crippen molar-refractivity contribution < 1.29 is 19.8 Å². The first-order valence-corrected chi connectivity index (χ1v) is 8.28. The third kappa shape index (κ3) is 4.12. The number of benzene rings is 1. The van der Waals surface area contributed by atoms with Crippen LogP contribution in [0.25, 0.3) is 0 Å². The predicted octanol–water partition coefficient (Wildman–Crippen LogP) is 2.52. The van der Waals surface area contributed by atoms with E-state index in [1.807, 2.05) is 20.8 Å². The molecule has 0 spiro atoms. The number of phenolic OH excluding ortho intramolecular Hbond substituents is 2. The number of carbonyl (C=O) groups excluding carboxylic acids is 2. The third-order valence-corrected chi connectivity index (χ3v) is 4.21. The number of nitrogens with zero attached hydrogens (tertiary/aromatic N) is 1. The number of aromatic hydroxyl groups is 2. The van der Waals surface area contributed by atoms with Gasteiger partial charge in [-0.2, -0.15) is 0 Å². The van der Waals surface area contributed by atoms with E-state index in [1.54, 1.807) is 0 Å². The molecule has 1 heterocycles. The first-order valence-electron chi connectivity index (χ1n) is 7.90. The fraction of sp³-hybridized carbons (Fsp3) is 0.529. The van der Waals surface area contributed by atoms with Crippen molar-refractivity contribution in [3.63, 3.8) is 0 Å². The first kappa shape index (κ1) is 18.4. The highest BCUT2D eigenvalue weighted by molar-refractivity contribution is 6.32. The van der Waals surface area contributed by atoms with Gasteiger partial charge in [-0.1, -0.05) is 32.4 Å². The van der Waals surface area contributed by atoms with Gasteiger partial charge < -0.3 is 20.4 Å². The van der Waals surface area contributed by atoms with Crippen molar-refractivity contribution in [2.45, 2.75) is 39.7 Å². The average molecular weight is 355 g/mol. The molecule has 1 fully saturated rings. The van der Waals surface area contributed by atoms with Crippen molar-refractivity contribution >= 4 is 23.4 Å². The molecule has 6 nitrogen and oxygen atoms in total. The van der Waals surface area contributed by atoms with E-state index in [4.69, 9.17) is 11.6 Å². The smallest absolute Gasteiger partial charge is 0.258 e. The molecule has 0 aromatic heterocycles. The summed E-state index contributed by atoms with van der Waals surface area (Å²) in [4.78, 5) is 26.5. The average Bonchev–Trinajstić information content (AvgIpc) is 2.96. The van der Waals surface area contributed by atoms with Crippen LogP contribution in [-0.4, -0.2) is 46.1 Å². The highest BCUT2D eigenvalue weighted by Crippen LogP contribution is 2.33. The highest BCUT2D eigenvalue weighted by Gasteiger charge is 2.35. The summed E-state index contributed by atoms with van der Waals surface area (Å²) >= 11 is 5.82. The second-order valence-electron chi connectivity index (χ2n) is 7.26. The van der Waals surface area contributed by atoms with Crippen LogP contribution < -0.4 is 5.32 Å². The summed E-state index contributed by atoms with van der Waals surface area (Å²) in [5.74, 6) is -1.32. The lowest BCUT2D eigenvalue weighted by Crippen LogP contribution is -2.47. The maximum absolute atomic E-state index is 12.7. The summed E-state index contributed by atoms with van der Waals surface area (Å²) in [5.41, 5.74) is -0.0698. The monoisotopic (exact) mass is 354 g/mol. The quantitative estimate of drug-likeness (QED) is 0.778. The standard InChI is InChI=1S/C17H23ClN2O4/c1-17(2,3)9-19-15(23)12-5-4-6-20(12)16(24)10-7-11(18)14(22)8-13(10)21/h7-8,12,21-22H,4-6,9H2,1-3H3,(H,19,23)/t12-/m1/s1. The fourth-order valence-electron chi connectivity index (χ4n) is 2.63. The summed E-state index contributed by atoms with van der Waals surface area (Å²) in [7, 11) is 0. The van der Waals surface area contributed by atoms with E-state index in [0.717, 1.165) is 6.07 Å². The zero-order valence-electron chi connectivity index (χ0n) is 14.1.